The monoisotopic (exact) mass is 236 g/mol. The molecule has 0 saturated heterocycles. The molecule has 1 aromatic carbocycles. The predicted molar refractivity (Wildman–Crippen MR) is 64.0 cm³/mol. The molecular formula is C12H13ClN2O. The fourth-order valence-corrected chi connectivity index (χ4v) is 1.70. The summed E-state index contributed by atoms with van der Waals surface area (Å²) in [6, 6.07) is 5.80. The number of hydrogen-bond acceptors (Lipinski definition) is 2. The van der Waals surface area contributed by atoms with Crippen molar-refractivity contribution in [1.29, 1.82) is 0 Å². The van der Waals surface area contributed by atoms with Gasteiger partial charge in [0.15, 0.2) is 0 Å². The van der Waals surface area contributed by atoms with Crippen LogP contribution in [0, 0.1) is 13.8 Å². The molecule has 2 rings (SSSR count). The van der Waals surface area contributed by atoms with Crippen molar-refractivity contribution in [3.8, 4) is 5.69 Å². The molecule has 16 heavy (non-hydrogen) atoms. The number of rotatable bonds is 2. The van der Waals surface area contributed by atoms with Crippen LogP contribution in [-0.4, -0.2) is 14.9 Å². The fraction of sp³-hybridized carbons (Fsp3) is 0.250. The minimum atomic E-state index is 0.0605. The summed E-state index contributed by atoms with van der Waals surface area (Å²) in [7, 11) is 0. The summed E-state index contributed by atoms with van der Waals surface area (Å²) in [5, 5.41) is 14.0. The second-order valence-electron chi connectivity index (χ2n) is 3.78. The third-order valence-electron chi connectivity index (χ3n) is 2.60. The minimum Gasteiger partial charge on any atom is -0.392 e. The maximum atomic E-state index is 9.08. The van der Waals surface area contributed by atoms with Crippen LogP contribution in [0.25, 0.3) is 5.69 Å². The number of nitrogens with zero attached hydrogens (tertiary/aromatic N) is 2. The Morgan fingerprint density at radius 1 is 1.38 bits per heavy atom. The number of aromatic nitrogens is 2. The molecule has 0 amide bonds. The van der Waals surface area contributed by atoms with Crippen LogP contribution in [0.15, 0.2) is 24.4 Å². The van der Waals surface area contributed by atoms with Crippen LogP contribution in [0.5, 0.6) is 0 Å². The highest BCUT2D eigenvalue weighted by Crippen LogP contribution is 2.18. The summed E-state index contributed by atoms with van der Waals surface area (Å²) < 4.78 is 1.74. The van der Waals surface area contributed by atoms with Crippen LogP contribution < -0.4 is 0 Å². The number of aliphatic hydroxyl groups is 1. The molecule has 0 atom stereocenters. The van der Waals surface area contributed by atoms with Gasteiger partial charge >= 0.3 is 0 Å². The van der Waals surface area contributed by atoms with E-state index in [0.717, 1.165) is 22.5 Å². The van der Waals surface area contributed by atoms with Crippen molar-refractivity contribution in [3.05, 3.63) is 46.2 Å². The minimum absolute atomic E-state index is 0.0605. The Balaban J connectivity index is 2.45. The zero-order chi connectivity index (χ0) is 11.7. The molecule has 0 aliphatic heterocycles. The standard InChI is InChI=1S/C12H13ClN2O/c1-8-5-11(4-3-10(8)7-16)15-6-12(13)9(2)14-15/h3-6,16H,7H2,1-2H3. The van der Waals surface area contributed by atoms with Gasteiger partial charge in [-0.25, -0.2) is 4.68 Å². The normalized spacial score (nSPS) is 10.8. The first-order valence-electron chi connectivity index (χ1n) is 5.04. The highest BCUT2D eigenvalue weighted by atomic mass is 35.5. The Morgan fingerprint density at radius 3 is 2.62 bits per heavy atom. The second kappa shape index (κ2) is 4.28. The number of aryl methyl sites for hydroxylation is 2. The molecular weight excluding hydrogens is 224 g/mol. The molecule has 0 spiro atoms. The fourth-order valence-electron chi connectivity index (χ4n) is 1.57. The van der Waals surface area contributed by atoms with Crippen molar-refractivity contribution < 1.29 is 5.11 Å². The molecule has 0 fully saturated rings. The van der Waals surface area contributed by atoms with E-state index in [-0.39, 0.29) is 6.61 Å². The van der Waals surface area contributed by atoms with E-state index in [1.54, 1.807) is 10.9 Å². The molecule has 4 heteroatoms. The summed E-state index contributed by atoms with van der Waals surface area (Å²) in [5.41, 5.74) is 3.73. The zero-order valence-electron chi connectivity index (χ0n) is 9.24. The maximum absolute atomic E-state index is 9.08. The van der Waals surface area contributed by atoms with E-state index < -0.39 is 0 Å². The number of aliphatic hydroxyl groups excluding tert-OH is 1. The first-order chi connectivity index (χ1) is 7.61. The van der Waals surface area contributed by atoms with Crippen LogP contribution in [0.2, 0.25) is 5.02 Å². The van der Waals surface area contributed by atoms with Crippen molar-refractivity contribution in [2.24, 2.45) is 0 Å². The van der Waals surface area contributed by atoms with Crippen molar-refractivity contribution in [1.82, 2.24) is 9.78 Å². The molecule has 1 N–H and O–H groups in total. The number of halogens is 1. The Bertz CT molecular complexity index is 500. The van der Waals surface area contributed by atoms with Gasteiger partial charge in [0, 0.05) is 6.20 Å². The van der Waals surface area contributed by atoms with E-state index in [1.165, 1.54) is 0 Å². The Hall–Kier alpha value is -1.32. The predicted octanol–water partition coefficient (Wildman–Crippen LogP) is 2.63. The van der Waals surface area contributed by atoms with Crippen LogP contribution in [-0.2, 0) is 6.61 Å². The van der Waals surface area contributed by atoms with Crippen LogP contribution in [0.4, 0.5) is 0 Å². The highest BCUT2D eigenvalue weighted by Gasteiger charge is 2.05. The van der Waals surface area contributed by atoms with Crippen molar-refractivity contribution in [2.45, 2.75) is 20.5 Å². The van der Waals surface area contributed by atoms with Gasteiger partial charge in [-0.3, -0.25) is 0 Å². The second-order valence-corrected chi connectivity index (χ2v) is 4.18. The molecule has 0 unspecified atom stereocenters. The van der Waals surface area contributed by atoms with Crippen LogP contribution in [0.3, 0.4) is 0 Å². The SMILES string of the molecule is Cc1cc(-n2cc(Cl)c(C)n2)ccc1CO. The highest BCUT2D eigenvalue weighted by molar-refractivity contribution is 6.31. The molecule has 0 saturated carbocycles. The lowest BCUT2D eigenvalue weighted by molar-refractivity contribution is 0.281. The lowest BCUT2D eigenvalue weighted by atomic mass is 10.1. The Kier molecular flexibility index (Phi) is 2.99. The molecule has 0 aliphatic carbocycles. The average molecular weight is 237 g/mol. The van der Waals surface area contributed by atoms with E-state index in [2.05, 4.69) is 5.10 Å². The van der Waals surface area contributed by atoms with Gasteiger partial charge in [-0.05, 0) is 37.1 Å². The van der Waals surface area contributed by atoms with Crippen molar-refractivity contribution in [2.75, 3.05) is 0 Å². The van der Waals surface area contributed by atoms with Crippen LogP contribution in [0.1, 0.15) is 16.8 Å². The quantitative estimate of drug-likeness (QED) is 0.871. The molecule has 0 aliphatic rings. The van der Waals surface area contributed by atoms with Gasteiger partial charge in [-0.1, -0.05) is 17.7 Å². The number of benzene rings is 1. The molecule has 0 bridgehead atoms. The largest absolute Gasteiger partial charge is 0.392 e. The van der Waals surface area contributed by atoms with E-state index in [9.17, 15) is 0 Å². The van der Waals surface area contributed by atoms with Gasteiger partial charge in [0.05, 0.1) is 23.0 Å². The van der Waals surface area contributed by atoms with Crippen molar-refractivity contribution >= 4 is 11.6 Å². The van der Waals surface area contributed by atoms with E-state index >= 15 is 0 Å². The average Bonchev–Trinajstić information content (AvgIpc) is 2.59. The lowest BCUT2D eigenvalue weighted by Gasteiger charge is -2.06. The molecule has 3 nitrogen and oxygen atoms in total. The van der Waals surface area contributed by atoms with Crippen LogP contribution >= 0.6 is 11.6 Å². The Labute approximate surface area is 99.3 Å². The summed E-state index contributed by atoms with van der Waals surface area (Å²) >= 11 is 5.95. The van der Waals surface area contributed by atoms with Gasteiger partial charge in [-0.15, -0.1) is 0 Å². The molecule has 2 aromatic rings. The van der Waals surface area contributed by atoms with E-state index in [4.69, 9.17) is 16.7 Å². The Morgan fingerprint density at radius 2 is 2.12 bits per heavy atom. The lowest BCUT2D eigenvalue weighted by Crippen LogP contribution is -1.97. The molecule has 84 valence electrons. The zero-order valence-corrected chi connectivity index (χ0v) is 9.99. The van der Waals surface area contributed by atoms with E-state index in [0.29, 0.717) is 5.02 Å². The van der Waals surface area contributed by atoms with Gasteiger partial charge in [0.2, 0.25) is 0 Å². The molecule has 1 heterocycles. The maximum Gasteiger partial charge on any atom is 0.0819 e. The smallest absolute Gasteiger partial charge is 0.0819 e. The van der Waals surface area contributed by atoms with Crippen molar-refractivity contribution in [3.63, 3.8) is 0 Å². The summed E-state index contributed by atoms with van der Waals surface area (Å²) in [6.07, 6.45) is 1.78. The van der Waals surface area contributed by atoms with Gasteiger partial charge in [0.1, 0.15) is 0 Å². The summed E-state index contributed by atoms with van der Waals surface area (Å²) in [5.74, 6) is 0. The first kappa shape index (κ1) is 11.2. The van der Waals surface area contributed by atoms with Gasteiger partial charge in [0.25, 0.3) is 0 Å². The summed E-state index contributed by atoms with van der Waals surface area (Å²) in [4.78, 5) is 0. The van der Waals surface area contributed by atoms with Gasteiger partial charge in [-0.2, -0.15) is 5.10 Å². The number of hydrogen-bond donors (Lipinski definition) is 1. The van der Waals surface area contributed by atoms with E-state index in [1.807, 2.05) is 32.0 Å². The third-order valence-corrected chi connectivity index (χ3v) is 2.97. The first-order valence-corrected chi connectivity index (χ1v) is 5.42. The molecule has 1 aromatic heterocycles. The topological polar surface area (TPSA) is 38.0 Å². The molecule has 0 radical (unpaired) electrons. The third kappa shape index (κ3) is 1.96. The van der Waals surface area contributed by atoms with Gasteiger partial charge < -0.3 is 5.11 Å². The summed E-state index contributed by atoms with van der Waals surface area (Å²) in [6.45, 7) is 3.89.